The molecule has 0 radical (unpaired) electrons. The number of aliphatic hydroxyl groups is 1. The van der Waals surface area contributed by atoms with Crippen LogP contribution >= 0.6 is 0 Å². The molecule has 110 valence electrons. The summed E-state index contributed by atoms with van der Waals surface area (Å²) in [6, 6.07) is 5.00. The average Bonchev–Trinajstić information content (AvgIpc) is 3.23. The monoisotopic (exact) mass is 282 g/mol. The molecule has 0 bridgehead atoms. The summed E-state index contributed by atoms with van der Waals surface area (Å²) in [6.07, 6.45) is 1.68. The Morgan fingerprint density at radius 2 is 2.10 bits per heavy atom. The zero-order valence-electron chi connectivity index (χ0n) is 11.1. The third-order valence-electron chi connectivity index (χ3n) is 2.96. The second-order valence-corrected chi connectivity index (χ2v) is 4.98. The molecule has 5 nitrogen and oxygen atoms in total. The van der Waals surface area contributed by atoms with E-state index in [1.54, 1.807) is 0 Å². The van der Waals surface area contributed by atoms with E-state index in [1.165, 1.54) is 37.1 Å². The van der Waals surface area contributed by atoms with Crippen molar-refractivity contribution in [3.63, 3.8) is 0 Å². The van der Waals surface area contributed by atoms with E-state index in [4.69, 9.17) is 4.74 Å². The van der Waals surface area contributed by atoms with Gasteiger partial charge in [0.1, 0.15) is 5.82 Å². The van der Waals surface area contributed by atoms with Gasteiger partial charge in [-0.3, -0.25) is 0 Å². The predicted octanol–water partition coefficient (Wildman–Crippen LogP) is 1.73. The first-order valence-corrected chi connectivity index (χ1v) is 6.69. The Morgan fingerprint density at radius 1 is 1.40 bits per heavy atom. The minimum Gasteiger partial charge on any atom is -0.389 e. The lowest BCUT2D eigenvalue weighted by atomic mass is 10.3. The van der Waals surface area contributed by atoms with Gasteiger partial charge in [0.2, 0.25) is 0 Å². The zero-order chi connectivity index (χ0) is 14.4. The lowest BCUT2D eigenvalue weighted by Crippen LogP contribution is -2.37. The van der Waals surface area contributed by atoms with Gasteiger partial charge in [0.25, 0.3) is 0 Å². The highest BCUT2D eigenvalue weighted by Gasteiger charge is 2.21. The van der Waals surface area contributed by atoms with Crippen LogP contribution in [0.4, 0.5) is 14.9 Å². The summed E-state index contributed by atoms with van der Waals surface area (Å²) >= 11 is 0. The van der Waals surface area contributed by atoms with E-state index >= 15 is 0 Å². The van der Waals surface area contributed by atoms with Crippen LogP contribution in [0.3, 0.4) is 0 Å². The topological polar surface area (TPSA) is 70.6 Å². The van der Waals surface area contributed by atoms with Gasteiger partial charge in [0.05, 0.1) is 12.7 Å². The molecular weight excluding hydrogens is 263 g/mol. The first-order valence-electron chi connectivity index (χ1n) is 6.69. The van der Waals surface area contributed by atoms with Gasteiger partial charge >= 0.3 is 6.03 Å². The van der Waals surface area contributed by atoms with Crippen LogP contribution in [0.5, 0.6) is 0 Å². The first-order chi connectivity index (χ1) is 9.63. The van der Waals surface area contributed by atoms with Crippen molar-refractivity contribution in [3.8, 4) is 0 Å². The molecule has 2 rings (SSSR count). The van der Waals surface area contributed by atoms with E-state index in [9.17, 15) is 14.3 Å². The van der Waals surface area contributed by atoms with Gasteiger partial charge in [-0.25, -0.2) is 9.18 Å². The molecule has 6 heteroatoms. The summed E-state index contributed by atoms with van der Waals surface area (Å²) in [5.74, 6) is 0.288. The predicted molar refractivity (Wildman–Crippen MR) is 73.0 cm³/mol. The second-order valence-electron chi connectivity index (χ2n) is 4.98. The van der Waals surface area contributed by atoms with Crippen molar-refractivity contribution < 1.29 is 19.0 Å². The van der Waals surface area contributed by atoms with Crippen molar-refractivity contribution in [1.82, 2.24) is 5.32 Å². The molecular formula is C14H19FN2O3. The molecule has 1 aliphatic rings. The zero-order valence-corrected chi connectivity index (χ0v) is 11.1. The highest BCUT2D eigenvalue weighted by molar-refractivity contribution is 5.89. The number of urea groups is 1. The molecule has 20 heavy (non-hydrogen) atoms. The standard InChI is InChI=1S/C14H19FN2O3/c15-11-3-5-12(6-4-11)17-14(19)16-7-13(18)9-20-8-10-1-2-10/h3-6,10,13,18H,1-2,7-9H2,(H2,16,17,19)/t13-/m0/s1. The van der Waals surface area contributed by atoms with Gasteiger partial charge in [-0.05, 0) is 43.0 Å². The molecule has 1 aromatic carbocycles. The third kappa shape index (κ3) is 5.54. The molecule has 0 unspecified atom stereocenters. The molecule has 0 spiro atoms. The van der Waals surface area contributed by atoms with E-state index in [0.717, 1.165) is 0 Å². The molecule has 1 saturated carbocycles. The summed E-state index contributed by atoms with van der Waals surface area (Å²) in [5, 5.41) is 14.7. The molecule has 0 aliphatic heterocycles. The minimum atomic E-state index is -0.729. The molecule has 1 aliphatic carbocycles. The lowest BCUT2D eigenvalue weighted by Gasteiger charge is -2.13. The fourth-order valence-corrected chi connectivity index (χ4v) is 1.63. The molecule has 1 aromatic rings. The lowest BCUT2D eigenvalue weighted by molar-refractivity contribution is 0.0339. The number of carbonyl (C=O) groups is 1. The maximum Gasteiger partial charge on any atom is 0.319 e. The largest absolute Gasteiger partial charge is 0.389 e. The summed E-state index contributed by atoms with van der Waals surface area (Å²) in [6.45, 7) is 1.00. The Kier molecular flexibility index (Phi) is 5.31. The van der Waals surface area contributed by atoms with E-state index in [2.05, 4.69) is 10.6 Å². The SMILES string of the molecule is O=C(NC[C@H](O)COCC1CC1)Nc1ccc(F)cc1. The quantitative estimate of drug-likeness (QED) is 0.713. The Morgan fingerprint density at radius 3 is 2.75 bits per heavy atom. The Hall–Kier alpha value is -1.66. The number of nitrogens with one attached hydrogen (secondary N) is 2. The number of hydrogen-bond donors (Lipinski definition) is 3. The van der Waals surface area contributed by atoms with Gasteiger partial charge in [-0.15, -0.1) is 0 Å². The molecule has 0 heterocycles. The molecule has 1 fully saturated rings. The van der Waals surface area contributed by atoms with Crippen LogP contribution in [0.2, 0.25) is 0 Å². The van der Waals surface area contributed by atoms with Crippen molar-refractivity contribution >= 4 is 11.7 Å². The van der Waals surface area contributed by atoms with Crippen molar-refractivity contribution in [2.45, 2.75) is 18.9 Å². The highest BCUT2D eigenvalue weighted by Crippen LogP contribution is 2.28. The van der Waals surface area contributed by atoms with Crippen molar-refractivity contribution in [1.29, 1.82) is 0 Å². The number of benzene rings is 1. The number of carbonyl (C=O) groups excluding carboxylic acids is 1. The number of aliphatic hydroxyl groups excluding tert-OH is 1. The van der Waals surface area contributed by atoms with Crippen LogP contribution in [-0.2, 0) is 4.74 Å². The average molecular weight is 282 g/mol. The van der Waals surface area contributed by atoms with Gasteiger partial charge in [-0.2, -0.15) is 0 Å². The van der Waals surface area contributed by atoms with Crippen molar-refractivity contribution in [2.24, 2.45) is 5.92 Å². The van der Waals surface area contributed by atoms with Gasteiger partial charge in [0, 0.05) is 18.8 Å². The second kappa shape index (κ2) is 7.21. The first kappa shape index (κ1) is 14.7. The normalized spacial score (nSPS) is 15.7. The van der Waals surface area contributed by atoms with E-state index < -0.39 is 12.1 Å². The number of rotatable bonds is 7. The molecule has 0 aromatic heterocycles. The maximum absolute atomic E-state index is 12.7. The summed E-state index contributed by atoms with van der Waals surface area (Å²) in [5.41, 5.74) is 0.489. The fraction of sp³-hybridized carbons (Fsp3) is 0.500. The van der Waals surface area contributed by atoms with Crippen LogP contribution in [0.25, 0.3) is 0 Å². The number of anilines is 1. The molecule has 0 saturated heterocycles. The van der Waals surface area contributed by atoms with Crippen LogP contribution in [0.1, 0.15) is 12.8 Å². The number of halogens is 1. The van der Waals surface area contributed by atoms with E-state index in [0.29, 0.717) is 18.2 Å². The number of ether oxygens (including phenoxy) is 1. The van der Waals surface area contributed by atoms with E-state index in [-0.39, 0.29) is 19.0 Å². The van der Waals surface area contributed by atoms with Crippen LogP contribution in [-0.4, -0.2) is 37.0 Å². The van der Waals surface area contributed by atoms with E-state index in [1.807, 2.05) is 0 Å². The Bertz CT molecular complexity index is 435. The van der Waals surface area contributed by atoms with Crippen LogP contribution in [0.15, 0.2) is 24.3 Å². The smallest absolute Gasteiger partial charge is 0.319 e. The van der Waals surface area contributed by atoms with Crippen LogP contribution in [0, 0.1) is 11.7 Å². The molecule has 2 amide bonds. The Labute approximate surface area is 117 Å². The minimum absolute atomic E-state index is 0.109. The fourth-order valence-electron chi connectivity index (χ4n) is 1.63. The third-order valence-corrected chi connectivity index (χ3v) is 2.96. The summed E-state index contributed by atoms with van der Waals surface area (Å²) in [7, 11) is 0. The van der Waals surface area contributed by atoms with Crippen molar-refractivity contribution in [3.05, 3.63) is 30.1 Å². The summed E-state index contributed by atoms with van der Waals surface area (Å²) < 4.78 is 18.0. The van der Waals surface area contributed by atoms with Crippen molar-refractivity contribution in [2.75, 3.05) is 25.1 Å². The van der Waals surface area contributed by atoms with Gasteiger partial charge in [0.15, 0.2) is 0 Å². The summed E-state index contributed by atoms with van der Waals surface area (Å²) in [4.78, 5) is 11.5. The van der Waals surface area contributed by atoms with Crippen LogP contribution < -0.4 is 10.6 Å². The highest BCUT2D eigenvalue weighted by atomic mass is 19.1. The van der Waals surface area contributed by atoms with Gasteiger partial charge < -0.3 is 20.5 Å². The number of hydrogen-bond acceptors (Lipinski definition) is 3. The van der Waals surface area contributed by atoms with Gasteiger partial charge in [-0.1, -0.05) is 0 Å². The maximum atomic E-state index is 12.7. The molecule has 1 atom stereocenters. The number of amides is 2. The Balaban J connectivity index is 1.59. The molecule has 3 N–H and O–H groups in total.